The Morgan fingerprint density at radius 2 is 2.07 bits per heavy atom. The summed E-state index contributed by atoms with van der Waals surface area (Å²) in [4.78, 5) is 6.91. The molecule has 2 saturated heterocycles. The summed E-state index contributed by atoms with van der Waals surface area (Å²) in [6.07, 6.45) is 5.24. The van der Waals surface area contributed by atoms with Crippen molar-refractivity contribution in [2.45, 2.75) is 50.3 Å². The smallest absolute Gasteiger partial charge is 0.121 e. The first-order valence-corrected chi connectivity index (χ1v) is 9.93. The van der Waals surface area contributed by atoms with Crippen molar-refractivity contribution in [1.82, 2.24) is 9.88 Å². The minimum Gasteiger partial charge on any atom is -0.378 e. The summed E-state index contributed by atoms with van der Waals surface area (Å²) in [5, 5.41) is 0. The predicted molar refractivity (Wildman–Crippen MR) is 101 cm³/mol. The van der Waals surface area contributed by atoms with Gasteiger partial charge in [-0.15, -0.1) is 0 Å². The molecule has 3 aliphatic heterocycles. The Hall–Kier alpha value is -1.79. The monoisotopic (exact) mass is 366 g/mol. The van der Waals surface area contributed by atoms with E-state index in [1.165, 1.54) is 16.7 Å². The number of ether oxygens (including phenoxy) is 3. The number of pyridine rings is 1. The molecule has 1 aromatic heterocycles. The van der Waals surface area contributed by atoms with Gasteiger partial charge >= 0.3 is 0 Å². The summed E-state index contributed by atoms with van der Waals surface area (Å²) < 4.78 is 18.4. The van der Waals surface area contributed by atoms with Gasteiger partial charge in [-0.1, -0.05) is 30.3 Å². The first-order valence-electron chi connectivity index (χ1n) is 9.93. The van der Waals surface area contributed by atoms with Crippen molar-refractivity contribution in [1.29, 1.82) is 0 Å². The van der Waals surface area contributed by atoms with Crippen LogP contribution in [-0.2, 0) is 20.8 Å². The number of nitrogens with zero attached hydrogens (tertiary/aromatic N) is 2. The molecule has 6 rings (SSSR count). The van der Waals surface area contributed by atoms with Gasteiger partial charge < -0.3 is 14.2 Å². The van der Waals surface area contributed by atoms with Crippen molar-refractivity contribution in [3.05, 3.63) is 65.5 Å². The lowest BCUT2D eigenvalue weighted by molar-refractivity contribution is -0.127. The molecule has 2 bridgehead atoms. The van der Waals surface area contributed by atoms with Gasteiger partial charge in [0.25, 0.3) is 0 Å². The third-order valence-electron chi connectivity index (χ3n) is 6.11. The van der Waals surface area contributed by atoms with Gasteiger partial charge in [0.2, 0.25) is 0 Å². The lowest BCUT2D eigenvalue weighted by Gasteiger charge is -2.52. The maximum atomic E-state index is 6.29. The minimum atomic E-state index is 0.0838. The number of benzene rings is 1. The Morgan fingerprint density at radius 1 is 1.19 bits per heavy atom. The Morgan fingerprint density at radius 3 is 2.93 bits per heavy atom. The summed E-state index contributed by atoms with van der Waals surface area (Å²) in [7, 11) is 0. The maximum Gasteiger partial charge on any atom is 0.121 e. The highest BCUT2D eigenvalue weighted by Gasteiger charge is 2.56. The van der Waals surface area contributed by atoms with Crippen LogP contribution in [-0.4, -0.2) is 48.1 Å². The molecule has 2 aromatic rings. The van der Waals surface area contributed by atoms with Gasteiger partial charge in [0.1, 0.15) is 6.23 Å². The number of hydrogen-bond donors (Lipinski definition) is 0. The molecule has 4 heterocycles. The van der Waals surface area contributed by atoms with Crippen molar-refractivity contribution in [2.75, 3.05) is 19.8 Å². The van der Waals surface area contributed by atoms with E-state index in [4.69, 9.17) is 14.2 Å². The molecule has 0 saturated carbocycles. The van der Waals surface area contributed by atoms with Gasteiger partial charge in [-0.3, -0.25) is 9.88 Å². The quantitative estimate of drug-likeness (QED) is 0.785. The van der Waals surface area contributed by atoms with Gasteiger partial charge in [-0.25, -0.2) is 0 Å². The zero-order valence-corrected chi connectivity index (χ0v) is 15.7. The fourth-order valence-electron chi connectivity index (χ4n) is 5.03. The Balaban J connectivity index is 1.34. The molecule has 0 amide bonds. The molecule has 2 fully saturated rings. The molecule has 5 nitrogen and oxygen atoms in total. The van der Waals surface area contributed by atoms with Gasteiger partial charge in [0, 0.05) is 25.0 Å². The largest absolute Gasteiger partial charge is 0.378 e. The van der Waals surface area contributed by atoms with E-state index in [0.29, 0.717) is 25.9 Å². The maximum absolute atomic E-state index is 6.29. The topological polar surface area (TPSA) is 43.8 Å². The van der Waals surface area contributed by atoms with Crippen LogP contribution >= 0.6 is 0 Å². The summed E-state index contributed by atoms with van der Waals surface area (Å²) in [6.45, 7) is 4.85. The van der Waals surface area contributed by atoms with Crippen molar-refractivity contribution in [3.8, 4) is 0 Å². The Bertz CT molecular complexity index is 784. The van der Waals surface area contributed by atoms with Crippen molar-refractivity contribution >= 4 is 0 Å². The zero-order valence-electron chi connectivity index (χ0n) is 15.7. The molecule has 0 N–H and O–H groups in total. The van der Waals surface area contributed by atoms with Crippen LogP contribution in [0.25, 0.3) is 0 Å². The van der Waals surface area contributed by atoms with Crippen LogP contribution < -0.4 is 0 Å². The van der Waals surface area contributed by atoms with Crippen LogP contribution in [0.15, 0.2) is 48.8 Å². The molecular weight excluding hydrogens is 340 g/mol. The lowest BCUT2D eigenvalue weighted by Crippen LogP contribution is -2.56. The normalized spacial score (nSPS) is 31.7. The van der Waals surface area contributed by atoms with Crippen LogP contribution in [0, 0.1) is 0 Å². The van der Waals surface area contributed by atoms with Crippen LogP contribution in [0.3, 0.4) is 0 Å². The van der Waals surface area contributed by atoms with Gasteiger partial charge in [0.05, 0.1) is 37.9 Å². The third kappa shape index (κ3) is 2.99. The van der Waals surface area contributed by atoms with Crippen molar-refractivity contribution in [3.63, 3.8) is 0 Å². The van der Waals surface area contributed by atoms with Crippen LogP contribution in [0.4, 0.5) is 0 Å². The summed E-state index contributed by atoms with van der Waals surface area (Å²) in [5.74, 6) is 0.257. The summed E-state index contributed by atoms with van der Waals surface area (Å²) >= 11 is 0. The molecule has 1 aromatic carbocycles. The van der Waals surface area contributed by atoms with Crippen LogP contribution in [0.5, 0.6) is 0 Å². The fraction of sp³-hybridized carbons (Fsp3) is 0.500. The highest BCUT2D eigenvalue weighted by Crippen LogP contribution is 2.53. The highest BCUT2D eigenvalue weighted by atomic mass is 16.5. The van der Waals surface area contributed by atoms with Crippen LogP contribution in [0.1, 0.15) is 42.0 Å². The second-order valence-electron chi connectivity index (χ2n) is 7.60. The van der Waals surface area contributed by atoms with E-state index in [9.17, 15) is 0 Å². The van der Waals surface area contributed by atoms with E-state index in [2.05, 4.69) is 47.1 Å². The number of aromatic nitrogens is 1. The molecule has 5 heteroatoms. The van der Waals surface area contributed by atoms with Crippen LogP contribution in [0.2, 0.25) is 0 Å². The van der Waals surface area contributed by atoms with E-state index in [1.54, 1.807) is 0 Å². The summed E-state index contributed by atoms with van der Waals surface area (Å²) in [6, 6.07) is 13.1. The first-order chi connectivity index (χ1) is 13.4. The Labute approximate surface area is 160 Å². The van der Waals surface area contributed by atoms with Crippen molar-refractivity contribution < 1.29 is 14.2 Å². The third-order valence-corrected chi connectivity index (χ3v) is 6.11. The van der Waals surface area contributed by atoms with E-state index in [-0.39, 0.29) is 24.3 Å². The molecule has 0 spiro atoms. The molecular formula is C22H26N2O3. The zero-order chi connectivity index (χ0) is 18.2. The van der Waals surface area contributed by atoms with E-state index in [1.807, 2.05) is 18.5 Å². The number of piperidine rings is 1. The van der Waals surface area contributed by atoms with Gasteiger partial charge in [-0.2, -0.15) is 0 Å². The highest BCUT2D eigenvalue weighted by molar-refractivity contribution is 5.39. The molecule has 142 valence electrons. The van der Waals surface area contributed by atoms with E-state index in [0.717, 1.165) is 13.0 Å². The molecule has 0 unspecified atom stereocenters. The second kappa shape index (κ2) is 7.32. The fourth-order valence-corrected chi connectivity index (χ4v) is 5.03. The minimum absolute atomic E-state index is 0.0838. The Kier molecular flexibility index (Phi) is 4.70. The predicted octanol–water partition coefficient (Wildman–Crippen LogP) is 3.27. The number of fused-ring (bicyclic) bond motifs is 1. The molecule has 1 aliphatic carbocycles. The molecule has 4 aliphatic rings. The van der Waals surface area contributed by atoms with Crippen molar-refractivity contribution in [2.24, 2.45) is 0 Å². The first kappa shape index (κ1) is 17.3. The van der Waals surface area contributed by atoms with Gasteiger partial charge in [0.15, 0.2) is 0 Å². The average Bonchev–Trinajstić information content (AvgIpc) is 3.14. The lowest BCUT2D eigenvalue weighted by atomic mass is 9.72. The SMILES string of the molecule is CCO[C@H]1C[C@H]2c3cnccc3[C@@H]1[C@@H]1OC[C@@H](COCc3ccccc3)N21. The van der Waals surface area contributed by atoms with E-state index < -0.39 is 0 Å². The van der Waals surface area contributed by atoms with Gasteiger partial charge in [-0.05, 0) is 36.1 Å². The second-order valence-corrected chi connectivity index (χ2v) is 7.60. The standard InChI is InChI=1S/C22H26N2O3/c1-2-26-20-10-19-18-11-23-9-8-17(18)21(20)22-24(19)16(14-27-22)13-25-12-15-6-4-3-5-7-15/h3-9,11,16,19-22H,2,10,12-14H2,1H3/t16-,19+,20+,21+,22+/m1/s1. The van der Waals surface area contributed by atoms with E-state index >= 15 is 0 Å². The average molecular weight is 366 g/mol. The number of rotatable bonds is 6. The molecule has 5 atom stereocenters. The summed E-state index contributed by atoms with van der Waals surface area (Å²) in [5.41, 5.74) is 3.90. The number of hydrogen-bond acceptors (Lipinski definition) is 5. The molecule has 0 radical (unpaired) electrons. The molecule has 27 heavy (non-hydrogen) atoms.